The summed E-state index contributed by atoms with van der Waals surface area (Å²) in [6, 6.07) is 13.5. The Kier molecular flexibility index (Phi) is 7.72. The molecule has 1 saturated carbocycles. The number of benzene rings is 2. The van der Waals surface area contributed by atoms with E-state index >= 15 is 0 Å². The van der Waals surface area contributed by atoms with E-state index in [1.165, 1.54) is 0 Å². The van der Waals surface area contributed by atoms with Crippen molar-refractivity contribution in [3.8, 4) is 5.75 Å². The first kappa shape index (κ1) is 22.9. The van der Waals surface area contributed by atoms with Crippen LogP contribution in [0.15, 0.2) is 42.5 Å². The van der Waals surface area contributed by atoms with Crippen LogP contribution >= 0.6 is 0 Å². The van der Waals surface area contributed by atoms with Crippen LogP contribution in [0.4, 0.5) is 0 Å². The quantitative estimate of drug-likeness (QED) is 0.683. The molecule has 1 unspecified atom stereocenters. The van der Waals surface area contributed by atoms with Crippen molar-refractivity contribution in [2.75, 3.05) is 6.61 Å². The molecule has 5 heteroatoms. The zero-order valence-electron chi connectivity index (χ0n) is 19.1. The molecule has 0 bridgehead atoms. The molecule has 0 aromatic heterocycles. The minimum Gasteiger partial charge on any atom is -0.483 e. The zero-order valence-corrected chi connectivity index (χ0v) is 19.1. The molecule has 1 aliphatic rings. The second-order valence-corrected chi connectivity index (χ2v) is 8.66. The molecular weight excluding hydrogens is 388 g/mol. The molecule has 31 heavy (non-hydrogen) atoms. The number of carbonyl (C=O) groups is 2. The van der Waals surface area contributed by atoms with E-state index in [-0.39, 0.29) is 24.5 Å². The van der Waals surface area contributed by atoms with Gasteiger partial charge in [0.05, 0.1) is 0 Å². The predicted molar refractivity (Wildman–Crippen MR) is 123 cm³/mol. The van der Waals surface area contributed by atoms with E-state index < -0.39 is 6.04 Å². The normalized spacial score (nSPS) is 14.8. The van der Waals surface area contributed by atoms with E-state index in [9.17, 15) is 9.59 Å². The number of ether oxygens (including phenoxy) is 1. The molecule has 3 rings (SSSR count). The number of amides is 2. The second kappa shape index (κ2) is 10.5. The van der Waals surface area contributed by atoms with Gasteiger partial charge >= 0.3 is 0 Å². The Morgan fingerprint density at radius 2 is 1.81 bits per heavy atom. The number of hydrogen-bond acceptors (Lipinski definition) is 3. The maximum absolute atomic E-state index is 13.2. The van der Waals surface area contributed by atoms with Gasteiger partial charge in [-0.25, -0.2) is 0 Å². The molecule has 1 fully saturated rings. The Labute approximate surface area is 185 Å². The van der Waals surface area contributed by atoms with Gasteiger partial charge < -0.3 is 15.0 Å². The molecule has 0 aliphatic heterocycles. The van der Waals surface area contributed by atoms with E-state index in [0.717, 1.165) is 47.9 Å². The van der Waals surface area contributed by atoms with Crippen molar-refractivity contribution in [1.29, 1.82) is 0 Å². The Morgan fingerprint density at radius 3 is 2.52 bits per heavy atom. The zero-order chi connectivity index (χ0) is 22.4. The molecule has 1 N–H and O–H groups in total. The molecule has 2 amide bonds. The Hall–Kier alpha value is -2.82. The van der Waals surface area contributed by atoms with Crippen molar-refractivity contribution in [3.63, 3.8) is 0 Å². The van der Waals surface area contributed by atoms with Gasteiger partial charge in [0.25, 0.3) is 5.91 Å². The number of rotatable bonds is 8. The maximum atomic E-state index is 13.2. The summed E-state index contributed by atoms with van der Waals surface area (Å²) in [6.45, 7) is 8.10. The first-order valence-electron chi connectivity index (χ1n) is 11.2. The van der Waals surface area contributed by atoms with E-state index in [1.807, 2.05) is 63.2 Å². The molecule has 1 aliphatic carbocycles. The van der Waals surface area contributed by atoms with Crippen molar-refractivity contribution in [1.82, 2.24) is 10.2 Å². The lowest BCUT2D eigenvalue weighted by Gasteiger charge is -2.30. The highest BCUT2D eigenvalue weighted by molar-refractivity contribution is 5.88. The summed E-state index contributed by atoms with van der Waals surface area (Å²) in [5, 5.41) is 3.13. The van der Waals surface area contributed by atoms with Gasteiger partial charge in [-0.2, -0.15) is 0 Å². The van der Waals surface area contributed by atoms with E-state index in [1.54, 1.807) is 11.8 Å². The molecule has 166 valence electrons. The number of carbonyl (C=O) groups excluding carboxylic acids is 2. The number of nitrogens with zero attached hydrogens (tertiary/aromatic N) is 1. The predicted octanol–water partition coefficient (Wildman–Crippen LogP) is 4.47. The number of hydrogen-bond donors (Lipinski definition) is 1. The highest BCUT2D eigenvalue weighted by Crippen LogP contribution is 2.21. The SMILES string of the molecule is Cc1cccc(CN(C(=O)COc2cccc(C)c2C)C(C)C(=O)NC2CCCC2)c1. The third kappa shape index (κ3) is 6.09. The highest BCUT2D eigenvalue weighted by Gasteiger charge is 2.28. The molecule has 0 saturated heterocycles. The van der Waals surface area contributed by atoms with Gasteiger partial charge in [-0.05, 0) is 63.3 Å². The van der Waals surface area contributed by atoms with E-state index in [0.29, 0.717) is 12.3 Å². The van der Waals surface area contributed by atoms with Crippen LogP contribution in [0.5, 0.6) is 5.75 Å². The first-order valence-corrected chi connectivity index (χ1v) is 11.2. The maximum Gasteiger partial charge on any atom is 0.261 e. The lowest BCUT2D eigenvalue weighted by Crippen LogP contribution is -2.50. The van der Waals surface area contributed by atoms with Gasteiger partial charge in [0.15, 0.2) is 6.61 Å². The van der Waals surface area contributed by atoms with Crippen LogP contribution in [0.25, 0.3) is 0 Å². The summed E-state index contributed by atoms with van der Waals surface area (Å²) in [6.07, 6.45) is 4.32. The van der Waals surface area contributed by atoms with E-state index in [2.05, 4.69) is 5.32 Å². The van der Waals surface area contributed by atoms with Crippen LogP contribution in [0.3, 0.4) is 0 Å². The number of nitrogens with one attached hydrogen (secondary N) is 1. The van der Waals surface area contributed by atoms with Crippen LogP contribution in [-0.2, 0) is 16.1 Å². The summed E-state index contributed by atoms with van der Waals surface area (Å²) in [7, 11) is 0. The van der Waals surface area contributed by atoms with Gasteiger partial charge in [-0.15, -0.1) is 0 Å². The second-order valence-electron chi connectivity index (χ2n) is 8.66. The summed E-state index contributed by atoms with van der Waals surface area (Å²) < 4.78 is 5.86. The van der Waals surface area contributed by atoms with Gasteiger partial charge in [-0.3, -0.25) is 9.59 Å². The Bertz CT molecular complexity index is 919. The standard InChI is InChI=1S/C26H34N2O3/c1-18-9-7-11-22(15-18)16-28(21(4)26(30)27-23-12-5-6-13-23)25(29)17-31-24-14-8-10-19(2)20(24)3/h7-11,14-15,21,23H,5-6,12-13,16-17H2,1-4H3,(H,27,30). The third-order valence-electron chi connectivity index (χ3n) is 6.21. The van der Waals surface area contributed by atoms with Crippen molar-refractivity contribution in [3.05, 3.63) is 64.7 Å². The van der Waals surface area contributed by atoms with Crippen LogP contribution in [-0.4, -0.2) is 35.4 Å². The molecule has 0 spiro atoms. The summed E-state index contributed by atoms with van der Waals surface area (Å²) in [5.74, 6) is 0.406. The smallest absolute Gasteiger partial charge is 0.261 e. The largest absolute Gasteiger partial charge is 0.483 e. The fourth-order valence-electron chi connectivity index (χ4n) is 4.08. The molecule has 2 aromatic carbocycles. The van der Waals surface area contributed by atoms with Crippen LogP contribution in [0.2, 0.25) is 0 Å². The van der Waals surface area contributed by atoms with Gasteiger partial charge in [0.1, 0.15) is 11.8 Å². The topological polar surface area (TPSA) is 58.6 Å². The van der Waals surface area contributed by atoms with Crippen molar-refractivity contribution >= 4 is 11.8 Å². The van der Waals surface area contributed by atoms with Crippen LogP contribution in [0.1, 0.15) is 54.9 Å². The van der Waals surface area contributed by atoms with Gasteiger partial charge in [-0.1, -0.05) is 54.8 Å². The first-order chi connectivity index (χ1) is 14.8. The lowest BCUT2D eigenvalue weighted by molar-refractivity contribution is -0.142. The molecule has 5 nitrogen and oxygen atoms in total. The lowest BCUT2D eigenvalue weighted by atomic mass is 10.1. The summed E-state index contributed by atoms with van der Waals surface area (Å²) in [4.78, 5) is 27.8. The average molecular weight is 423 g/mol. The Morgan fingerprint density at radius 1 is 1.10 bits per heavy atom. The Balaban J connectivity index is 1.74. The van der Waals surface area contributed by atoms with Crippen LogP contribution < -0.4 is 10.1 Å². The summed E-state index contributed by atoms with van der Waals surface area (Å²) >= 11 is 0. The van der Waals surface area contributed by atoms with Crippen molar-refractivity contribution in [2.24, 2.45) is 0 Å². The molecule has 0 heterocycles. The van der Waals surface area contributed by atoms with E-state index in [4.69, 9.17) is 4.74 Å². The summed E-state index contributed by atoms with van der Waals surface area (Å²) in [5.41, 5.74) is 4.26. The fraction of sp³-hybridized carbons (Fsp3) is 0.462. The van der Waals surface area contributed by atoms with Crippen molar-refractivity contribution in [2.45, 2.75) is 72.0 Å². The third-order valence-corrected chi connectivity index (χ3v) is 6.21. The average Bonchev–Trinajstić information content (AvgIpc) is 3.25. The molecule has 1 atom stereocenters. The minimum absolute atomic E-state index is 0.0976. The monoisotopic (exact) mass is 422 g/mol. The van der Waals surface area contributed by atoms with Crippen molar-refractivity contribution < 1.29 is 14.3 Å². The van der Waals surface area contributed by atoms with Gasteiger partial charge in [0, 0.05) is 12.6 Å². The molecule has 2 aromatic rings. The van der Waals surface area contributed by atoms with Crippen LogP contribution in [0, 0.1) is 20.8 Å². The fourth-order valence-corrected chi connectivity index (χ4v) is 4.08. The van der Waals surface area contributed by atoms with Gasteiger partial charge in [0.2, 0.25) is 5.91 Å². The highest BCUT2D eigenvalue weighted by atomic mass is 16.5. The molecule has 0 radical (unpaired) electrons. The number of aryl methyl sites for hydroxylation is 2. The molecular formula is C26H34N2O3. The minimum atomic E-state index is -0.573.